The maximum absolute atomic E-state index is 13.4. The van der Waals surface area contributed by atoms with Gasteiger partial charge in [-0.25, -0.2) is 4.98 Å². The van der Waals surface area contributed by atoms with Crippen LogP contribution in [0.4, 0.5) is 0 Å². The Morgan fingerprint density at radius 1 is 1.09 bits per heavy atom. The summed E-state index contributed by atoms with van der Waals surface area (Å²) in [6, 6.07) is 8.36. The zero-order chi connectivity index (χ0) is 22.4. The Morgan fingerprint density at radius 2 is 1.91 bits per heavy atom. The van der Waals surface area contributed by atoms with Crippen LogP contribution in [-0.2, 0) is 16.0 Å². The van der Waals surface area contributed by atoms with Crippen molar-refractivity contribution in [3.05, 3.63) is 47.2 Å². The topological polar surface area (TPSA) is 70.7 Å². The Bertz CT molecular complexity index is 1180. The average Bonchev–Trinajstić information content (AvgIpc) is 3.51. The number of aromatic amines is 1. The number of amides is 1. The van der Waals surface area contributed by atoms with Crippen molar-refractivity contribution < 1.29 is 14.3 Å². The summed E-state index contributed by atoms with van der Waals surface area (Å²) in [5, 5.41) is 1.65. The molecule has 1 N–H and O–H groups in total. The van der Waals surface area contributed by atoms with Crippen molar-refractivity contribution in [1.82, 2.24) is 19.8 Å². The molecule has 1 amide bonds. The predicted molar refractivity (Wildman–Crippen MR) is 127 cm³/mol. The van der Waals surface area contributed by atoms with E-state index in [0.29, 0.717) is 17.5 Å². The number of hydrogen-bond donors (Lipinski definition) is 1. The Labute approximate surface area is 197 Å². The number of hydrogen-bond acceptors (Lipinski definition) is 5. The van der Waals surface area contributed by atoms with Gasteiger partial charge in [-0.2, -0.15) is 0 Å². The van der Waals surface area contributed by atoms with E-state index >= 15 is 0 Å². The summed E-state index contributed by atoms with van der Waals surface area (Å²) in [6.45, 7) is 5.16. The van der Waals surface area contributed by atoms with Crippen LogP contribution in [-0.4, -0.2) is 77.2 Å². The van der Waals surface area contributed by atoms with Gasteiger partial charge in [0.15, 0.2) is 6.10 Å². The maximum Gasteiger partial charge on any atom is 0.263 e. The molecule has 7 nitrogen and oxygen atoms in total. The molecule has 2 fully saturated rings. The molecule has 33 heavy (non-hydrogen) atoms. The van der Waals surface area contributed by atoms with Crippen LogP contribution in [0.1, 0.15) is 18.4 Å². The molecule has 1 atom stereocenters. The van der Waals surface area contributed by atoms with Crippen LogP contribution in [0.15, 0.2) is 36.7 Å². The zero-order valence-corrected chi connectivity index (χ0v) is 19.2. The van der Waals surface area contributed by atoms with Crippen LogP contribution in [0.25, 0.3) is 22.2 Å². The number of likely N-dealkylation sites (tertiary alicyclic amines) is 1. The van der Waals surface area contributed by atoms with Gasteiger partial charge in [0.25, 0.3) is 5.91 Å². The van der Waals surface area contributed by atoms with Crippen molar-refractivity contribution in [2.45, 2.75) is 31.4 Å². The molecular formula is C25H27ClN4O3. The lowest BCUT2D eigenvalue weighted by atomic mass is 9.98. The summed E-state index contributed by atoms with van der Waals surface area (Å²) in [7, 11) is 0. The number of aromatic nitrogens is 2. The molecule has 3 aliphatic heterocycles. The van der Waals surface area contributed by atoms with Crippen molar-refractivity contribution in [3.63, 3.8) is 0 Å². The Kier molecular flexibility index (Phi) is 5.48. The maximum atomic E-state index is 13.4. The molecule has 8 heteroatoms. The summed E-state index contributed by atoms with van der Waals surface area (Å²) < 4.78 is 11.8. The molecule has 0 bridgehead atoms. The third-order valence-corrected chi connectivity index (χ3v) is 7.38. The number of nitrogens with zero attached hydrogens (tertiary/aromatic N) is 3. The SMILES string of the molecule is O=C([C@H]1Cc2cc(Cl)cc(-c3ccnc4[nH]ccc34)c2O1)N1CCC(N2CCOCC2)CC1. The first-order chi connectivity index (χ1) is 16.2. The fraction of sp³-hybridized carbons (Fsp3) is 0.440. The molecule has 2 saturated heterocycles. The third kappa shape index (κ3) is 3.88. The average molecular weight is 467 g/mol. The number of nitrogens with one attached hydrogen (secondary N) is 1. The summed E-state index contributed by atoms with van der Waals surface area (Å²) in [5.74, 6) is 0.838. The lowest BCUT2D eigenvalue weighted by Crippen LogP contribution is -2.52. The molecule has 3 aliphatic rings. The Hall–Kier alpha value is -2.61. The Balaban J connectivity index is 1.20. The molecule has 6 rings (SSSR count). The molecule has 0 unspecified atom stereocenters. The fourth-order valence-corrected chi connectivity index (χ4v) is 5.70. The molecule has 2 aromatic heterocycles. The van der Waals surface area contributed by atoms with Crippen LogP contribution in [0.2, 0.25) is 5.02 Å². The first kappa shape index (κ1) is 21.0. The minimum absolute atomic E-state index is 0.0789. The van der Waals surface area contributed by atoms with E-state index in [1.54, 1.807) is 6.20 Å². The molecule has 0 aliphatic carbocycles. The summed E-state index contributed by atoms with van der Waals surface area (Å²) in [6.07, 6.45) is 5.71. The fourth-order valence-electron chi connectivity index (χ4n) is 5.46. The van der Waals surface area contributed by atoms with E-state index in [9.17, 15) is 4.79 Å². The van der Waals surface area contributed by atoms with Gasteiger partial charge in [0.05, 0.1) is 13.2 Å². The second-order valence-electron chi connectivity index (χ2n) is 9.06. The Morgan fingerprint density at radius 3 is 2.73 bits per heavy atom. The number of benzene rings is 1. The quantitative estimate of drug-likeness (QED) is 0.639. The van der Waals surface area contributed by atoms with E-state index in [-0.39, 0.29) is 5.91 Å². The molecule has 0 radical (unpaired) electrons. The van der Waals surface area contributed by atoms with Crippen LogP contribution in [0.5, 0.6) is 5.75 Å². The monoisotopic (exact) mass is 466 g/mol. The lowest BCUT2D eigenvalue weighted by Gasteiger charge is -2.40. The van der Waals surface area contributed by atoms with Crippen molar-refractivity contribution in [2.24, 2.45) is 0 Å². The van der Waals surface area contributed by atoms with Crippen molar-refractivity contribution in [2.75, 3.05) is 39.4 Å². The molecule has 1 aromatic carbocycles. The van der Waals surface area contributed by atoms with E-state index in [1.165, 1.54) is 0 Å². The number of carbonyl (C=O) groups excluding carboxylic acids is 1. The highest BCUT2D eigenvalue weighted by molar-refractivity contribution is 6.31. The van der Waals surface area contributed by atoms with Crippen molar-refractivity contribution in [3.8, 4) is 16.9 Å². The van der Waals surface area contributed by atoms with Gasteiger partial charge in [0, 0.05) is 72.6 Å². The summed E-state index contributed by atoms with van der Waals surface area (Å²) in [4.78, 5) is 25.4. The highest BCUT2D eigenvalue weighted by Crippen LogP contribution is 2.43. The number of rotatable bonds is 3. The number of fused-ring (bicyclic) bond motifs is 2. The van der Waals surface area contributed by atoms with Gasteiger partial charge in [0.1, 0.15) is 11.4 Å². The highest BCUT2D eigenvalue weighted by atomic mass is 35.5. The van der Waals surface area contributed by atoms with Crippen molar-refractivity contribution >= 4 is 28.5 Å². The molecule has 5 heterocycles. The lowest BCUT2D eigenvalue weighted by molar-refractivity contribution is -0.139. The second-order valence-corrected chi connectivity index (χ2v) is 9.49. The van der Waals surface area contributed by atoms with Gasteiger partial charge in [-0.15, -0.1) is 0 Å². The molecule has 0 saturated carbocycles. The van der Waals surface area contributed by atoms with E-state index in [1.807, 2.05) is 35.4 Å². The largest absolute Gasteiger partial charge is 0.479 e. The van der Waals surface area contributed by atoms with Gasteiger partial charge >= 0.3 is 0 Å². The summed E-state index contributed by atoms with van der Waals surface area (Å²) >= 11 is 6.48. The van der Waals surface area contributed by atoms with Crippen LogP contribution in [0, 0.1) is 0 Å². The van der Waals surface area contributed by atoms with Gasteiger partial charge in [-0.3, -0.25) is 9.69 Å². The highest BCUT2D eigenvalue weighted by Gasteiger charge is 2.36. The zero-order valence-electron chi connectivity index (χ0n) is 18.4. The number of halogens is 1. The van der Waals surface area contributed by atoms with E-state index < -0.39 is 6.10 Å². The normalized spacial score (nSPS) is 21.8. The standard InChI is InChI=1S/C25H27ClN4O3/c26-17-13-16-14-22(25(31)30-7-3-18(4-8-30)29-9-11-32-12-10-29)33-23(16)21(15-17)19-1-5-27-24-20(19)2-6-28-24/h1-2,5-6,13,15,18,22H,3-4,7-12,14H2,(H,27,28)/t22-/m1/s1. The van der Waals surface area contributed by atoms with Gasteiger partial charge < -0.3 is 19.4 Å². The second kappa shape index (κ2) is 8.63. The minimum Gasteiger partial charge on any atom is -0.479 e. The molecular weight excluding hydrogens is 440 g/mol. The number of carbonyl (C=O) groups is 1. The van der Waals surface area contributed by atoms with Crippen LogP contribution < -0.4 is 4.74 Å². The van der Waals surface area contributed by atoms with Gasteiger partial charge in [0.2, 0.25) is 0 Å². The number of morpholine rings is 1. The number of pyridine rings is 1. The molecule has 0 spiro atoms. The number of piperidine rings is 1. The third-order valence-electron chi connectivity index (χ3n) is 7.16. The van der Waals surface area contributed by atoms with E-state index in [0.717, 1.165) is 85.7 Å². The molecule has 172 valence electrons. The van der Waals surface area contributed by atoms with E-state index in [4.69, 9.17) is 21.1 Å². The first-order valence-corrected chi connectivity index (χ1v) is 12.1. The molecule has 3 aromatic rings. The first-order valence-electron chi connectivity index (χ1n) is 11.7. The van der Waals surface area contributed by atoms with Crippen molar-refractivity contribution in [1.29, 1.82) is 0 Å². The van der Waals surface area contributed by atoms with Gasteiger partial charge in [-0.05, 0) is 42.7 Å². The number of ether oxygens (including phenoxy) is 2. The van der Waals surface area contributed by atoms with Crippen LogP contribution in [0.3, 0.4) is 0 Å². The number of H-pyrrole nitrogens is 1. The smallest absolute Gasteiger partial charge is 0.263 e. The van der Waals surface area contributed by atoms with Crippen LogP contribution >= 0.6 is 11.6 Å². The minimum atomic E-state index is -0.499. The predicted octanol–water partition coefficient (Wildman–Crippen LogP) is 3.51. The van der Waals surface area contributed by atoms with E-state index in [2.05, 4.69) is 14.9 Å². The van der Waals surface area contributed by atoms with Gasteiger partial charge in [-0.1, -0.05) is 11.6 Å². The summed E-state index contributed by atoms with van der Waals surface area (Å²) in [5.41, 5.74) is 3.71.